The van der Waals surface area contributed by atoms with Gasteiger partial charge in [-0.15, -0.1) is 0 Å². The van der Waals surface area contributed by atoms with Gasteiger partial charge in [-0.3, -0.25) is 19.3 Å². The van der Waals surface area contributed by atoms with E-state index in [9.17, 15) is 24.3 Å². The van der Waals surface area contributed by atoms with Crippen LogP contribution in [0.3, 0.4) is 0 Å². The van der Waals surface area contributed by atoms with E-state index < -0.39 is 47.5 Å². The van der Waals surface area contributed by atoms with Gasteiger partial charge in [0.05, 0.1) is 12.5 Å². The molecule has 2 aliphatic heterocycles. The number of rotatable bonds is 6. The number of carbonyl (C=O) groups is 4. The average molecular weight is 418 g/mol. The number of hydrogen-bond acceptors (Lipinski definition) is 6. The van der Waals surface area contributed by atoms with Gasteiger partial charge in [0.25, 0.3) is 0 Å². The quantitative estimate of drug-likeness (QED) is 0.552. The summed E-state index contributed by atoms with van der Waals surface area (Å²) in [6, 6.07) is 7.77. The third kappa shape index (κ3) is 4.72. The van der Waals surface area contributed by atoms with Gasteiger partial charge in [-0.25, -0.2) is 4.79 Å². The normalized spacial score (nSPS) is 22.9. The number of amides is 2. The molecule has 162 valence electrons. The number of carbonyl (C=O) groups excluding carboxylic acids is 3. The van der Waals surface area contributed by atoms with E-state index in [1.807, 2.05) is 30.3 Å². The molecule has 1 aromatic carbocycles. The van der Waals surface area contributed by atoms with Crippen molar-refractivity contribution in [3.05, 3.63) is 35.9 Å². The summed E-state index contributed by atoms with van der Waals surface area (Å²) in [5, 5.41) is 9.43. The minimum atomic E-state index is -1.23. The Morgan fingerprint density at radius 1 is 1.13 bits per heavy atom. The minimum absolute atomic E-state index is 0.0294. The van der Waals surface area contributed by atoms with Crippen molar-refractivity contribution in [1.29, 1.82) is 0 Å². The maximum Gasteiger partial charge on any atom is 0.408 e. The first kappa shape index (κ1) is 21.6. The van der Waals surface area contributed by atoms with E-state index in [1.165, 1.54) is 4.90 Å². The summed E-state index contributed by atoms with van der Waals surface area (Å²) in [5.74, 6) is -1.96. The molecule has 2 aliphatic rings. The van der Waals surface area contributed by atoms with E-state index in [1.54, 1.807) is 20.8 Å². The fourth-order valence-electron chi connectivity index (χ4n) is 3.95. The Kier molecular flexibility index (Phi) is 6.00. The second kappa shape index (κ2) is 8.33. The summed E-state index contributed by atoms with van der Waals surface area (Å²) in [4.78, 5) is 50.9. The van der Waals surface area contributed by atoms with Crippen molar-refractivity contribution in [3.63, 3.8) is 0 Å². The van der Waals surface area contributed by atoms with Crippen LogP contribution in [-0.2, 0) is 30.5 Å². The molecule has 0 aliphatic carbocycles. The predicted octanol–water partition coefficient (Wildman–Crippen LogP) is 1.65. The van der Waals surface area contributed by atoms with Gasteiger partial charge in [0.15, 0.2) is 0 Å². The maximum absolute atomic E-state index is 12.5. The van der Waals surface area contributed by atoms with Crippen LogP contribution in [0.5, 0.6) is 0 Å². The number of hydrogen-bond donors (Lipinski definition) is 1. The third-order valence-electron chi connectivity index (χ3n) is 5.11. The van der Waals surface area contributed by atoms with Gasteiger partial charge in [-0.1, -0.05) is 30.3 Å². The molecule has 9 nitrogen and oxygen atoms in total. The molecule has 9 heteroatoms. The summed E-state index contributed by atoms with van der Waals surface area (Å²) in [6.45, 7) is 5.03. The maximum atomic E-state index is 12.5. The summed E-state index contributed by atoms with van der Waals surface area (Å²) < 4.78 is 10.6. The lowest BCUT2D eigenvalue weighted by Crippen LogP contribution is -2.69. The van der Waals surface area contributed by atoms with Gasteiger partial charge < -0.3 is 19.5 Å². The van der Waals surface area contributed by atoms with Crippen LogP contribution in [0.25, 0.3) is 0 Å². The van der Waals surface area contributed by atoms with Crippen LogP contribution in [0.15, 0.2) is 30.3 Å². The van der Waals surface area contributed by atoms with Crippen molar-refractivity contribution < 1.29 is 33.8 Å². The van der Waals surface area contributed by atoms with E-state index in [0.29, 0.717) is 0 Å². The Balaban J connectivity index is 1.64. The number of nitrogens with zero attached hydrogens (tertiary/aromatic N) is 2. The average Bonchev–Trinajstić information content (AvgIpc) is 2.99. The first-order valence-electron chi connectivity index (χ1n) is 9.78. The van der Waals surface area contributed by atoms with Gasteiger partial charge in [0, 0.05) is 12.5 Å². The van der Waals surface area contributed by atoms with Crippen LogP contribution in [0.1, 0.15) is 32.8 Å². The van der Waals surface area contributed by atoms with Crippen LogP contribution in [-0.4, -0.2) is 69.6 Å². The smallest absolute Gasteiger partial charge is 0.408 e. The van der Waals surface area contributed by atoms with E-state index in [0.717, 1.165) is 10.5 Å². The van der Waals surface area contributed by atoms with Crippen molar-refractivity contribution in [3.8, 4) is 0 Å². The molecule has 2 saturated heterocycles. The fraction of sp³-hybridized carbons (Fsp3) is 0.524. The highest BCUT2D eigenvalue weighted by Gasteiger charge is 2.61. The molecule has 3 atom stereocenters. The van der Waals surface area contributed by atoms with Crippen molar-refractivity contribution in [2.24, 2.45) is 5.92 Å². The monoisotopic (exact) mass is 418 g/mol. The number of likely N-dealkylation sites (tertiary alicyclic amines) is 2. The highest BCUT2D eigenvalue weighted by molar-refractivity contribution is 5.95. The lowest BCUT2D eigenvalue weighted by atomic mass is 9.86. The van der Waals surface area contributed by atoms with Crippen LogP contribution in [0.2, 0.25) is 0 Å². The number of fused-ring (bicyclic) bond motifs is 1. The molecule has 0 spiro atoms. The van der Waals surface area contributed by atoms with Crippen LogP contribution in [0, 0.1) is 5.92 Å². The second-order valence-electron chi connectivity index (χ2n) is 8.53. The molecular weight excluding hydrogens is 392 g/mol. The number of esters is 2. The standard InChI is InChI=1S/C21H26N2O7/c1-21(2,3)30-16(25)11-22-17-14(10-23(20(27)28)18(17)19(22)26)9-15(24)29-12-13-7-5-4-6-8-13/h4-8,14,17-18H,9-12H2,1-3H3,(H,27,28)/t14-,17-,18+/m1/s1. The zero-order valence-electron chi connectivity index (χ0n) is 17.2. The predicted molar refractivity (Wildman–Crippen MR) is 104 cm³/mol. The Morgan fingerprint density at radius 2 is 1.80 bits per heavy atom. The van der Waals surface area contributed by atoms with Crippen molar-refractivity contribution >= 4 is 23.9 Å². The lowest BCUT2D eigenvalue weighted by Gasteiger charge is -2.46. The number of benzene rings is 1. The van der Waals surface area contributed by atoms with Gasteiger partial charge >= 0.3 is 18.0 Å². The Labute approximate surface area is 174 Å². The summed E-state index contributed by atoms with van der Waals surface area (Å²) in [5.41, 5.74) is 0.140. The van der Waals surface area contributed by atoms with E-state index in [4.69, 9.17) is 9.47 Å². The van der Waals surface area contributed by atoms with Crippen LogP contribution < -0.4 is 0 Å². The van der Waals surface area contributed by atoms with Crippen molar-refractivity contribution in [1.82, 2.24) is 9.80 Å². The summed E-state index contributed by atoms with van der Waals surface area (Å²) >= 11 is 0. The van der Waals surface area contributed by atoms with Crippen LogP contribution in [0.4, 0.5) is 4.79 Å². The van der Waals surface area contributed by atoms with Crippen molar-refractivity contribution in [2.45, 2.75) is 51.5 Å². The molecule has 1 N–H and O–H groups in total. The molecule has 1 aromatic rings. The van der Waals surface area contributed by atoms with Gasteiger partial charge in [0.2, 0.25) is 5.91 Å². The topological polar surface area (TPSA) is 113 Å². The highest BCUT2D eigenvalue weighted by atomic mass is 16.6. The number of β-lactam (4-membered cyclic amide) rings is 1. The van der Waals surface area contributed by atoms with Gasteiger partial charge in [-0.2, -0.15) is 0 Å². The Morgan fingerprint density at radius 3 is 2.40 bits per heavy atom. The molecule has 30 heavy (non-hydrogen) atoms. The molecule has 0 unspecified atom stereocenters. The molecule has 0 saturated carbocycles. The van der Waals surface area contributed by atoms with Gasteiger partial charge in [0.1, 0.15) is 24.8 Å². The molecule has 3 rings (SSSR count). The molecule has 0 bridgehead atoms. The van der Waals surface area contributed by atoms with E-state index in [-0.39, 0.29) is 26.1 Å². The molecule has 0 radical (unpaired) electrons. The lowest BCUT2D eigenvalue weighted by molar-refractivity contribution is -0.169. The molecule has 0 aromatic heterocycles. The first-order valence-corrected chi connectivity index (χ1v) is 9.78. The zero-order valence-corrected chi connectivity index (χ0v) is 17.2. The molecule has 2 heterocycles. The SMILES string of the molecule is CC(C)(C)OC(=O)CN1C(=O)[C@@H]2[C@H]1[C@H](CC(=O)OCc1ccccc1)CN2C(=O)O. The third-order valence-corrected chi connectivity index (χ3v) is 5.11. The molecule has 2 amide bonds. The second-order valence-corrected chi connectivity index (χ2v) is 8.53. The van der Waals surface area contributed by atoms with Crippen LogP contribution >= 0.6 is 0 Å². The fourth-order valence-corrected chi connectivity index (χ4v) is 3.95. The van der Waals surface area contributed by atoms with Gasteiger partial charge in [-0.05, 0) is 26.3 Å². The largest absolute Gasteiger partial charge is 0.465 e. The first-order chi connectivity index (χ1) is 14.1. The zero-order chi connectivity index (χ0) is 22.1. The number of carboxylic acid groups (broad SMARTS) is 1. The Hall–Kier alpha value is -3.10. The summed E-state index contributed by atoms with van der Waals surface area (Å²) in [6.07, 6.45) is -1.27. The van der Waals surface area contributed by atoms with E-state index in [2.05, 4.69) is 0 Å². The number of ether oxygens (including phenoxy) is 2. The molecular formula is C21H26N2O7. The minimum Gasteiger partial charge on any atom is -0.465 e. The van der Waals surface area contributed by atoms with E-state index >= 15 is 0 Å². The van der Waals surface area contributed by atoms with Crippen molar-refractivity contribution in [2.75, 3.05) is 13.1 Å². The Bertz CT molecular complexity index is 834. The summed E-state index contributed by atoms with van der Waals surface area (Å²) in [7, 11) is 0. The molecule has 2 fully saturated rings. The highest BCUT2D eigenvalue weighted by Crippen LogP contribution is 2.39.